The molecule has 23 heavy (non-hydrogen) atoms. The van der Waals surface area contributed by atoms with Crippen molar-refractivity contribution < 1.29 is 14.3 Å². The number of aromatic nitrogens is 2. The molecule has 0 bridgehead atoms. The van der Waals surface area contributed by atoms with Crippen molar-refractivity contribution in [2.24, 2.45) is 0 Å². The first-order chi connectivity index (χ1) is 11.1. The number of carbonyl (C=O) groups is 2. The third kappa shape index (κ3) is 4.18. The molecule has 1 aromatic heterocycles. The van der Waals surface area contributed by atoms with Gasteiger partial charge in [-0.3, -0.25) is 9.59 Å². The Labute approximate surface area is 134 Å². The van der Waals surface area contributed by atoms with Gasteiger partial charge in [0.1, 0.15) is 0 Å². The summed E-state index contributed by atoms with van der Waals surface area (Å²) >= 11 is 0. The van der Waals surface area contributed by atoms with E-state index in [0.29, 0.717) is 0 Å². The molecule has 0 radical (unpaired) electrons. The number of esters is 1. The number of hydrogen-bond donors (Lipinski definition) is 1. The van der Waals surface area contributed by atoms with Crippen molar-refractivity contribution in [3.8, 4) is 5.69 Å². The number of nitrogens with one attached hydrogen (secondary N) is 1. The summed E-state index contributed by atoms with van der Waals surface area (Å²) in [6.07, 6.45) is 4.74. The molecule has 6 nitrogen and oxygen atoms in total. The number of amides is 1. The zero-order valence-corrected chi connectivity index (χ0v) is 12.9. The first kappa shape index (κ1) is 15.3. The normalized spacial score (nSPS) is 15.0. The molecule has 1 fully saturated rings. The third-order valence-electron chi connectivity index (χ3n) is 3.61. The fourth-order valence-electron chi connectivity index (χ4n) is 2.18. The van der Waals surface area contributed by atoms with Crippen LogP contribution in [0.5, 0.6) is 0 Å². The Morgan fingerprint density at radius 3 is 2.78 bits per heavy atom. The van der Waals surface area contributed by atoms with E-state index in [1.165, 1.54) is 0 Å². The molecule has 0 aliphatic heterocycles. The minimum atomic E-state index is -0.771. The highest BCUT2D eigenvalue weighted by Crippen LogP contribution is 2.18. The molecule has 1 N–H and O–H groups in total. The topological polar surface area (TPSA) is 73.2 Å². The lowest BCUT2D eigenvalue weighted by Crippen LogP contribution is -2.37. The van der Waals surface area contributed by atoms with Crippen LogP contribution in [0.2, 0.25) is 0 Å². The highest BCUT2D eigenvalue weighted by molar-refractivity contribution is 5.84. The van der Waals surface area contributed by atoms with Crippen molar-refractivity contribution in [1.29, 1.82) is 0 Å². The first-order valence-electron chi connectivity index (χ1n) is 7.70. The van der Waals surface area contributed by atoms with Gasteiger partial charge in [-0.2, -0.15) is 5.10 Å². The van der Waals surface area contributed by atoms with Crippen molar-refractivity contribution in [2.45, 2.75) is 38.3 Å². The molecule has 3 rings (SSSR count). The van der Waals surface area contributed by atoms with Gasteiger partial charge in [0.2, 0.25) is 0 Å². The third-order valence-corrected chi connectivity index (χ3v) is 3.61. The van der Waals surface area contributed by atoms with E-state index >= 15 is 0 Å². The van der Waals surface area contributed by atoms with E-state index in [0.717, 1.165) is 24.1 Å². The molecule has 2 aromatic rings. The molecule has 1 saturated carbocycles. The van der Waals surface area contributed by atoms with Crippen LogP contribution in [0.3, 0.4) is 0 Å². The quantitative estimate of drug-likeness (QED) is 0.823. The number of ether oxygens (including phenoxy) is 1. The van der Waals surface area contributed by atoms with Gasteiger partial charge in [-0.1, -0.05) is 18.2 Å². The molecule has 1 aliphatic carbocycles. The minimum Gasteiger partial charge on any atom is -0.452 e. The number of carbonyl (C=O) groups excluding carboxylic acids is 2. The van der Waals surface area contributed by atoms with Gasteiger partial charge in [-0.15, -0.1) is 0 Å². The van der Waals surface area contributed by atoms with Crippen molar-refractivity contribution in [3.63, 3.8) is 0 Å². The molecular weight excluding hydrogens is 294 g/mol. The minimum absolute atomic E-state index is 0.0912. The number of para-hydroxylation sites is 1. The van der Waals surface area contributed by atoms with Crippen LogP contribution in [0.15, 0.2) is 42.7 Å². The van der Waals surface area contributed by atoms with Gasteiger partial charge >= 0.3 is 5.97 Å². The van der Waals surface area contributed by atoms with Gasteiger partial charge in [-0.25, -0.2) is 4.68 Å². The Bertz CT molecular complexity index is 692. The lowest BCUT2D eigenvalue weighted by molar-refractivity contribution is -0.154. The number of benzene rings is 1. The molecule has 1 amide bonds. The highest BCUT2D eigenvalue weighted by atomic mass is 16.5. The fraction of sp³-hybridized carbons (Fsp3) is 0.353. The predicted molar refractivity (Wildman–Crippen MR) is 84.0 cm³/mol. The van der Waals surface area contributed by atoms with Gasteiger partial charge in [0.25, 0.3) is 5.91 Å². The molecule has 0 saturated heterocycles. The zero-order chi connectivity index (χ0) is 16.2. The Balaban J connectivity index is 1.53. The predicted octanol–water partition coefficient (Wildman–Crippen LogP) is 1.63. The van der Waals surface area contributed by atoms with Crippen molar-refractivity contribution in [2.75, 3.05) is 0 Å². The monoisotopic (exact) mass is 313 g/mol. The molecule has 1 aromatic carbocycles. The molecule has 0 unspecified atom stereocenters. The van der Waals surface area contributed by atoms with Crippen LogP contribution < -0.4 is 5.32 Å². The molecule has 6 heteroatoms. The standard InChI is InChI=1S/C17H19N3O3/c1-12(17(22)19-14-7-8-14)23-16(21)9-13-10-18-20(11-13)15-5-3-2-4-6-15/h2-6,10-12,14H,7-9H2,1H3,(H,19,22)/t12-/m1/s1. The lowest BCUT2D eigenvalue weighted by atomic mass is 10.2. The van der Waals surface area contributed by atoms with Gasteiger partial charge in [-0.05, 0) is 31.9 Å². The Hall–Kier alpha value is -2.63. The summed E-state index contributed by atoms with van der Waals surface area (Å²) in [7, 11) is 0. The van der Waals surface area contributed by atoms with Crippen LogP contribution in [-0.2, 0) is 20.7 Å². The molecule has 1 heterocycles. The smallest absolute Gasteiger partial charge is 0.311 e. The van der Waals surface area contributed by atoms with Crippen molar-refractivity contribution in [3.05, 3.63) is 48.3 Å². The van der Waals surface area contributed by atoms with Gasteiger partial charge < -0.3 is 10.1 Å². The second-order valence-corrected chi connectivity index (χ2v) is 5.72. The van der Waals surface area contributed by atoms with E-state index in [2.05, 4.69) is 10.4 Å². The van der Waals surface area contributed by atoms with Crippen molar-refractivity contribution >= 4 is 11.9 Å². The summed E-state index contributed by atoms with van der Waals surface area (Å²) in [5, 5.41) is 7.05. The van der Waals surface area contributed by atoms with E-state index in [9.17, 15) is 9.59 Å². The lowest BCUT2D eigenvalue weighted by Gasteiger charge is -2.12. The Morgan fingerprint density at radius 2 is 2.09 bits per heavy atom. The van der Waals surface area contributed by atoms with Gasteiger partial charge in [0.05, 0.1) is 18.3 Å². The largest absolute Gasteiger partial charge is 0.452 e. The highest BCUT2D eigenvalue weighted by Gasteiger charge is 2.27. The van der Waals surface area contributed by atoms with Crippen LogP contribution in [0.25, 0.3) is 5.69 Å². The number of hydrogen-bond acceptors (Lipinski definition) is 4. The fourth-order valence-corrected chi connectivity index (χ4v) is 2.18. The Morgan fingerprint density at radius 1 is 1.35 bits per heavy atom. The number of rotatable bonds is 6. The first-order valence-corrected chi connectivity index (χ1v) is 7.70. The summed E-state index contributed by atoms with van der Waals surface area (Å²) in [6.45, 7) is 1.59. The van der Waals surface area contributed by atoms with Crippen LogP contribution in [-0.4, -0.2) is 33.8 Å². The molecule has 1 atom stereocenters. The van der Waals surface area contributed by atoms with E-state index in [1.807, 2.05) is 30.3 Å². The van der Waals surface area contributed by atoms with E-state index in [4.69, 9.17) is 4.74 Å². The molecule has 0 spiro atoms. The summed E-state index contributed by atoms with van der Waals surface area (Å²) in [5.74, 6) is -0.670. The molecule has 1 aliphatic rings. The average molecular weight is 313 g/mol. The number of nitrogens with zero attached hydrogens (tertiary/aromatic N) is 2. The molecular formula is C17H19N3O3. The van der Waals surface area contributed by atoms with Crippen LogP contribution in [0, 0.1) is 0 Å². The van der Waals surface area contributed by atoms with Gasteiger partial charge in [0, 0.05) is 17.8 Å². The summed E-state index contributed by atoms with van der Waals surface area (Å²) in [5.41, 5.74) is 1.66. The maximum atomic E-state index is 11.9. The maximum Gasteiger partial charge on any atom is 0.311 e. The van der Waals surface area contributed by atoms with Crippen LogP contribution >= 0.6 is 0 Å². The summed E-state index contributed by atoms with van der Waals surface area (Å²) in [6, 6.07) is 9.89. The van der Waals surface area contributed by atoms with E-state index in [-0.39, 0.29) is 18.4 Å². The Kier molecular flexibility index (Phi) is 4.41. The van der Waals surface area contributed by atoms with E-state index < -0.39 is 12.1 Å². The van der Waals surface area contributed by atoms with Crippen LogP contribution in [0.1, 0.15) is 25.3 Å². The van der Waals surface area contributed by atoms with Crippen molar-refractivity contribution in [1.82, 2.24) is 15.1 Å². The summed E-state index contributed by atoms with van der Waals surface area (Å²) in [4.78, 5) is 23.7. The second kappa shape index (κ2) is 6.64. The maximum absolute atomic E-state index is 11.9. The SMILES string of the molecule is C[C@@H](OC(=O)Cc1cnn(-c2ccccc2)c1)C(=O)NC1CC1. The average Bonchev–Trinajstić information content (AvgIpc) is 3.24. The van der Waals surface area contributed by atoms with E-state index in [1.54, 1.807) is 24.0 Å². The van der Waals surface area contributed by atoms with Crippen LogP contribution in [0.4, 0.5) is 0 Å². The zero-order valence-electron chi connectivity index (χ0n) is 12.9. The second-order valence-electron chi connectivity index (χ2n) is 5.72. The summed E-state index contributed by atoms with van der Waals surface area (Å²) < 4.78 is 6.87. The molecule has 120 valence electrons. The van der Waals surface area contributed by atoms with Gasteiger partial charge in [0.15, 0.2) is 6.10 Å².